The van der Waals surface area contributed by atoms with Crippen LogP contribution in [0.1, 0.15) is 25.0 Å². The van der Waals surface area contributed by atoms with Gasteiger partial charge in [0.25, 0.3) is 0 Å². The maximum atomic E-state index is 4.90. The van der Waals surface area contributed by atoms with Crippen LogP contribution in [0.4, 0.5) is 0 Å². The molecule has 1 aliphatic rings. The van der Waals surface area contributed by atoms with Gasteiger partial charge >= 0.3 is 0 Å². The number of pyridine rings is 1. The van der Waals surface area contributed by atoms with E-state index < -0.39 is 0 Å². The fraction of sp³-hybridized carbons (Fsp3) is 0.0714. The fourth-order valence-electron chi connectivity index (χ4n) is 7.56. The number of hydrogen-bond acceptors (Lipinski definition) is 1. The van der Waals surface area contributed by atoms with Gasteiger partial charge in [-0.1, -0.05) is 135 Å². The van der Waals surface area contributed by atoms with Gasteiger partial charge < -0.3 is 0 Å². The van der Waals surface area contributed by atoms with Crippen LogP contribution in [0, 0.1) is 0 Å². The van der Waals surface area contributed by atoms with Gasteiger partial charge in [0.2, 0.25) is 0 Å². The maximum absolute atomic E-state index is 4.90. The zero-order valence-corrected chi connectivity index (χ0v) is 24.2. The number of benzene rings is 7. The van der Waals surface area contributed by atoms with Crippen molar-refractivity contribution in [2.45, 2.75) is 19.3 Å². The first-order valence-electron chi connectivity index (χ1n) is 15.1. The lowest BCUT2D eigenvalue weighted by Crippen LogP contribution is -2.15. The van der Waals surface area contributed by atoms with Crippen molar-refractivity contribution in [2.24, 2.45) is 0 Å². The lowest BCUT2D eigenvalue weighted by atomic mass is 9.78. The molecular formula is C42H29N. The highest BCUT2D eigenvalue weighted by molar-refractivity contribution is 6.28. The van der Waals surface area contributed by atoms with E-state index in [1.165, 1.54) is 65.7 Å². The molecule has 0 atom stereocenters. The Labute approximate surface area is 251 Å². The lowest BCUT2D eigenvalue weighted by molar-refractivity contribution is 0.666. The minimum absolute atomic E-state index is 0.0660. The van der Waals surface area contributed by atoms with Crippen LogP contribution in [0.5, 0.6) is 0 Å². The molecule has 1 nitrogen and oxygen atoms in total. The van der Waals surface area contributed by atoms with E-state index in [1.807, 2.05) is 6.07 Å². The Hall–Kier alpha value is -5.27. The average Bonchev–Trinajstić information content (AvgIpc) is 3.30. The van der Waals surface area contributed by atoms with Crippen molar-refractivity contribution in [3.63, 3.8) is 0 Å². The van der Waals surface area contributed by atoms with Gasteiger partial charge in [-0.05, 0) is 83.9 Å². The molecule has 0 bridgehead atoms. The molecule has 0 fully saturated rings. The topological polar surface area (TPSA) is 12.9 Å². The second-order valence-corrected chi connectivity index (χ2v) is 12.4. The molecule has 9 rings (SSSR count). The highest BCUT2D eigenvalue weighted by atomic mass is 14.7. The third kappa shape index (κ3) is 3.49. The first-order chi connectivity index (χ1) is 21.1. The summed E-state index contributed by atoms with van der Waals surface area (Å²) in [5.74, 6) is 0. The van der Waals surface area contributed by atoms with Crippen molar-refractivity contribution < 1.29 is 0 Å². The molecule has 1 aliphatic carbocycles. The van der Waals surface area contributed by atoms with Crippen molar-refractivity contribution in [1.82, 2.24) is 4.98 Å². The van der Waals surface area contributed by atoms with Crippen molar-refractivity contribution in [2.75, 3.05) is 0 Å². The van der Waals surface area contributed by atoms with E-state index in [0.717, 1.165) is 22.2 Å². The predicted octanol–water partition coefficient (Wildman–Crippen LogP) is 11.3. The summed E-state index contributed by atoms with van der Waals surface area (Å²) in [4.78, 5) is 4.90. The third-order valence-electron chi connectivity index (χ3n) is 9.63. The normalized spacial score (nSPS) is 13.5. The van der Waals surface area contributed by atoms with Crippen molar-refractivity contribution >= 4 is 43.2 Å². The Kier molecular flexibility index (Phi) is 5.02. The Morgan fingerprint density at radius 3 is 2.00 bits per heavy atom. The van der Waals surface area contributed by atoms with Gasteiger partial charge in [0.05, 0.1) is 11.2 Å². The SMILES string of the molecule is CC1(C)c2ccccc2-c2ccc3c4ccc(-c5ccc(-c6ccc7ccccc7n6)cc5)cc4c4ccccc4c3c21. The van der Waals surface area contributed by atoms with Gasteiger partial charge in [-0.2, -0.15) is 0 Å². The molecule has 0 radical (unpaired) electrons. The molecule has 202 valence electrons. The molecule has 0 spiro atoms. The Morgan fingerprint density at radius 2 is 1.12 bits per heavy atom. The minimum Gasteiger partial charge on any atom is -0.248 e. The number of aromatic nitrogens is 1. The zero-order valence-electron chi connectivity index (χ0n) is 24.2. The quantitative estimate of drug-likeness (QED) is 0.196. The summed E-state index contributed by atoms with van der Waals surface area (Å²) >= 11 is 0. The van der Waals surface area contributed by atoms with E-state index in [9.17, 15) is 0 Å². The van der Waals surface area contributed by atoms with Crippen LogP contribution in [0.15, 0.2) is 140 Å². The summed E-state index contributed by atoms with van der Waals surface area (Å²) in [6.07, 6.45) is 0. The summed E-state index contributed by atoms with van der Waals surface area (Å²) in [6, 6.07) is 51.0. The number of nitrogens with zero attached hydrogens (tertiary/aromatic N) is 1. The summed E-state index contributed by atoms with van der Waals surface area (Å²) in [7, 11) is 0. The fourth-order valence-corrected chi connectivity index (χ4v) is 7.56. The molecule has 8 aromatic rings. The molecule has 7 aromatic carbocycles. The molecule has 0 saturated heterocycles. The molecule has 0 unspecified atom stereocenters. The van der Waals surface area contributed by atoms with Crippen LogP contribution in [0.2, 0.25) is 0 Å². The second-order valence-electron chi connectivity index (χ2n) is 12.4. The summed E-state index contributed by atoms with van der Waals surface area (Å²) < 4.78 is 0. The van der Waals surface area contributed by atoms with Crippen LogP contribution < -0.4 is 0 Å². The van der Waals surface area contributed by atoms with Gasteiger partial charge in [0.1, 0.15) is 0 Å². The first-order valence-corrected chi connectivity index (χ1v) is 15.1. The molecule has 1 aromatic heterocycles. The van der Waals surface area contributed by atoms with Crippen molar-refractivity contribution in [3.8, 4) is 33.5 Å². The zero-order chi connectivity index (χ0) is 28.7. The summed E-state index contributed by atoms with van der Waals surface area (Å²) in [5.41, 5.74) is 11.1. The molecular weight excluding hydrogens is 518 g/mol. The second kappa shape index (κ2) is 8.86. The van der Waals surface area contributed by atoms with Crippen LogP contribution in [0.25, 0.3) is 76.7 Å². The largest absolute Gasteiger partial charge is 0.248 e. The van der Waals surface area contributed by atoms with E-state index >= 15 is 0 Å². The van der Waals surface area contributed by atoms with Crippen LogP contribution >= 0.6 is 0 Å². The highest BCUT2D eigenvalue weighted by Crippen LogP contribution is 2.53. The average molecular weight is 548 g/mol. The number of hydrogen-bond donors (Lipinski definition) is 0. The Bertz CT molecular complexity index is 2390. The molecule has 1 heteroatoms. The van der Waals surface area contributed by atoms with Crippen molar-refractivity contribution in [3.05, 3.63) is 151 Å². The van der Waals surface area contributed by atoms with Crippen LogP contribution in [0.3, 0.4) is 0 Å². The monoisotopic (exact) mass is 547 g/mol. The van der Waals surface area contributed by atoms with Crippen molar-refractivity contribution in [1.29, 1.82) is 0 Å². The Balaban J connectivity index is 1.22. The van der Waals surface area contributed by atoms with E-state index in [0.29, 0.717) is 0 Å². The standard InChI is InChI=1S/C42H29N/c1-42(2)37-13-7-6-11-32(37)35-23-22-34-31-21-19-29(25-36(31)30-10-4-5-12-33(30)40(34)41(35)42)26-15-17-28(18-16-26)39-24-20-27-9-3-8-14-38(27)43-39/h3-25H,1-2H3. The lowest BCUT2D eigenvalue weighted by Gasteiger charge is -2.24. The summed E-state index contributed by atoms with van der Waals surface area (Å²) in [5, 5.41) is 9.14. The molecule has 0 aliphatic heterocycles. The number of rotatable bonds is 2. The Morgan fingerprint density at radius 1 is 0.465 bits per heavy atom. The van der Waals surface area contributed by atoms with Gasteiger partial charge in [-0.15, -0.1) is 0 Å². The smallest absolute Gasteiger partial charge is 0.0709 e. The van der Waals surface area contributed by atoms with E-state index in [4.69, 9.17) is 4.98 Å². The molecule has 0 N–H and O–H groups in total. The van der Waals surface area contributed by atoms with Crippen LogP contribution in [-0.2, 0) is 5.41 Å². The molecule has 0 saturated carbocycles. The van der Waals surface area contributed by atoms with Gasteiger partial charge in [-0.25, -0.2) is 4.98 Å². The van der Waals surface area contributed by atoms with Gasteiger partial charge in [0, 0.05) is 16.4 Å². The third-order valence-corrected chi connectivity index (χ3v) is 9.63. The minimum atomic E-state index is -0.0660. The van der Waals surface area contributed by atoms with Crippen LogP contribution in [-0.4, -0.2) is 4.98 Å². The molecule has 1 heterocycles. The summed E-state index contributed by atoms with van der Waals surface area (Å²) in [6.45, 7) is 4.77. The van der Waals surface area contributed by atoms with E-state index in [1.54, 1.807) is 0 Å². The first kappa shape index (κ1) is 24.3. The molecule has 0 amide bonds. The number of para-hydroxylation sites is 1. The highest BCUT2D eigenvalue weighted by Gasteiger charge is 2.37. The number of fused-ring (bicyclic) bond motifs is 11. The van der Waals surface area contributed by atoms with Gasteiger partial charge in [-0.3, -0.25) is 0 Å². The van der Waals surface area contributed by atoms with E-state index in [2.05, 4.69) is 147 Å². The molecule has 43 heavy (non-hydrogen) atoms. The van der Waals surface area contributed by atoms with Gasteiger partial charge in [0.15, 0.2) is 0 Å². The maximum Gasteiger partial charge on any atom is 0.0709 e. The predicted molar refractivity (Wildman–Crippen MR) is 183 cm³/mol. The van der Waals surface area contributed by atoms with E-state index in [-0.39, 0.29) is 5.41 Å².